The SMILES string of the molecule is CC1C=Cc2c(cccc2-c2cc(Nc3cccc(-c4cc(N)cc(-c5ccc6ccccc6c5)c4)c3)cc(-c3ccccc3)c2)C1. The van der Waals surface area contributed by atoms with Crippen LogP contribution in [0.1, 0.15) is 18.1 Å². The Morgan fingerprint density at radius 2 is 1.17 bits per heavy atom. The molecule has 1 atom stereocenters. The van der Waals surface area contributed by atoms with Crippen LogP contribution in [0.2, 0.25) is 0 Å². The van der Waals surface area contributed by atoms with Crippen molar-refractivity contribution in [3.05, 3.63) is 169 Å². The fourth-order valence-corrected chi connectivity index (χ4v) is 6.86. The van der Waals surface area contributed by atoms with Crippen LogP contribution >= 0.6 is 0 Å². The molecule has 47 heavy (non-hydrogen) atoms. The first kappa shape index (κ1) is 28.6. The second-order valence-corrected chi connectivity index (χ2v) is 12.7. The van der Waals surface area contributed by atoms with Crippen LogP contribution in [0.15, 0.2) is 158 Å². The van der Waals surface area contributed by atoms with E-state index in [1.165, 1.54) is 44.2 Å². The average Bonchev–Trinajstić information content (AvgIpc) is 3.11. The number of nitrogen functional groups attached to an aromatic ring is 1. The molecule has 0 saturated carbocycles. The summed E-state index contributed by atoms with van der Waals surface area (Å²) in [4.78, 5) is 0. The quantitative estimate of drug-likeness (QED) is 0.185. The maximum Gasteiger partial charge on any atom is 0.0396 e. The average molecular weight is 605 g/mol. The van der Waals surface area contributed by atoms with Gasteiger partial charge < -0.3 is 11.1 Å². The van der Waals surface area contributed by atoms with E-state index in [4.69, 9.17) is 5.73 Å². The van der Waals surface area contributed by atoms with Gasteiger partial charge in [0.05, 0.1) is 0 Å². The van der Waals surface area contributed by atoms with Crippen molar-refractivity contribution in [2.24, 2.45) is 5.92 Å². The van der Waals surface area contributed by atoms with Crippen LogP contribution < -0.4 is 11.1 Å². The molecule has 3 N–H and O–H groups in total. The van der Waals surface area contributed by atoms with Crippen LogP contribution in [0, 0.1) is 5.92 Å². The zero-order valence-electron chi connectivity index (χ0n) is 26.5. The van der Waals surface area contributed by atoms with Crippen LogP contribution in [0.25, 0.3) is 61.4 Å². The first-order valence-corrected chi connectivity index (χ1v) is 16.3. The molecule has 7 aromatic rings. The van der Waals surface area contributed by atoms with Gasteiger partial charge in [0, 0.05) is 17.1 Å². The highest BCUT2D eigenvalue weighted by atomic mass is 14.9. The third-order valence-electron chi connectivity index (χ3n) is 9.20. The second kappa shape index (κ2) is 12.2. The number of hydrogen-bond acceptors (Lipinski definition) is 2. The molecule has 226 valence electrons. The minimum absolute atomic E-state index is 0.557. The van der Waals surface area contributed by atoms with Crippen molar-refractivity contribution in [1.82, 2.24) is 0 Å². The molecule has 1 unspecified atom stereocenters. The zero-order valence-corrected chi connectivity index (χ0v) is 26.5. The molecule has 0 heterocycles. The minimum atomic E-state index is 0.557. The van der Waals surface area contributed by atoms with Gasteiger partial charge in [-0.2, -0.15) is 0 Å². The van der Waals surface area contributed by atoms with E-state index in [-0.39, 0.29) is 0 Å². The molecule has 0 aliphatic heterocycles. The number of rotatable bonds is 6. The van der Waals surface area contributed by atoms with E-state index in [9.17, 15) is 0 Å². The molecule has 0 aromatic heterocycles. The molecule has 2 nitrogen and oxygen atoms in total. The number of nitrogens with one attached hydrogen (secondary N) is 1. The summed E-state index contributed by atoms with van der Waals surface area (Å²) in [5.74, 6) is 0.557. The molecule has 0 bridgehead atoms. The molecule has 1 aliphatic carbocycles. The molecular formula is C45H36N2. The summed E-state index contributed by atoms with van der Waals surface area (Å²) in [5, 5.41) is 6.21. The molecule has 0 spiro atoms. The Labute approximate surface area is 276 Å². The Bertz CT molecular complexity index is 2280. The Kier molecular flexibility index (Phi) is 7.39. The van der Waals surface area contributed by atoms with Gasteiger partial charge in [-0.05, 0) is 133 Å². The third kappa shape index (κ3) is 5.94. The van der Waals surface area contributed by atoms with Crippen molar-refractivity contribution in [3.8, 4) is 44.5 Å². The van der Waals surface area contributed by atoms with Crippen molar-refractivity contribution >= 4 is 33.9 Å². The van der Waals surface area contributed by atoms with Gasteiger partial charge in [0.1, 0.15) is 0 Å². The highest BCUT2D eigenvalue weighted by molar-refractivity contribution is 5.89. The summed E-state index contributed by atoms with van der Waals surface area (Å²) in [6.45, 7) is 2.28. The lowest BCUT2D eigenvalue weighted by Gasteiger charge is -2.20. The maximum atomic E-state index is 6.49. The highest BCUT2D eigenvalue weighted by Gasteiger charge is 2.16. The summed E-state index contributed by atoms with van der Waals surface area (Å²) < 4.78 is 0. The summed E-state index contributed by atoms with van der Waals surface area (Å²) in [6.07, 6.45) is 5.71. The molecule has 2 heteroatoms. The van der Waals surface area contributed by atoms with E-state index in [1.54, 1.807) is 0 Å². The maximum absolute atomic E-state index is 6.49. The van der Waals surface area contributed by atoms with Gasteiger partial charge >= 0.3 is 0 Å². The molecule has 0 radical (unpaired) electrons. The van der Waals surface area contributed by atoms with Crippen molar-refractivity contribution in [2.75, 3.05) is 11.1 Å². The number of anilines is 3. The molecule has 0 amide bonds. The molecule has 1 aliphatic rings. The molecule has 8 rings (SSSR count). The van der Waals surface area contributed by atoms with Crippen LogP contribution in [-0.2, 0) is 6.42 Å². The molecule has 0 saturated heterocycles. The summed E-state index contributed by atoms with van der Waals surface area (Å²) in [7, 11) is 0. The predicted molar refractivity (Wildman–Crippen MR) is 202 cm³/mol. The van der Waals surface area contributed by atoms with Crippen LogP contribution in [0.3, 0.4) is 0 Å². The smallest absolute Gasteiger partial charge is 0.0396 e. The Morgan fingerprint density at radius 3 is 2.02 bits per heavy atom. The van der Waals surface area contributed by atoms with Crippen molar-refractivity contribution < 1.29 is 0 Å². The Balaban J connectivity index is 1.17. The lowest BCUT2D eigenvalue weighted by atomic mass is 9.85. The van der Waals surface area contributed by atoms with Gasteiger partial charge in [-0.15, -0.1) is 0 Å². The monoisotopic (exact) mass is 604 g/mol. The third-order valence-corrected chi connectivity index (χ3v) is 9.20. The topological polar surface area (TPSA) is 38.0 Å². The van der Waals surface area contributed by atoms with E-state index < -0.39 is 0 Å². The number of nitrogens with two attached hydrogens (primary N) is 1. The first-order valence-electron chi connectivity index (χ1n) is 16.3. The second-order valence-electron chi connectivity index (χ2n) is 12.7. The summed E-state index contributed by atoms with van der Waals surface area (Å²) in [5.41, 5.74) is 21.4. The van der Waals surface area contributed by atoms with E-state index in [2.05, 4.69) is 176 Å². The molecule has 7 aromatic carbocycles. The Morgan fingerprint density at radius 1 is 0.511 bits per heavy atom. The van der Waals surface area contributed by atoms with Crippen LogP contribution in [0.5, 0.6) is 0 Å². The van der Waals surface area contributed by atoms with Crippen molar-refractivity contribution in [2.45, 2.75) is 13.3 Å². The standard InChI is InChI=1S/C45H36N2/c1-30-17-20-45-36(21-30)14-8-16-44(45)40-24-39(31-9-3-2-4-10-31)28-43(29-40)47-42-15-7-13-34(27-42)37-23-38(26-41(46)25-37)35-19-18-32-11-5-6-12-33(32)22-35/h2-20,22-30,47H,21,46H2,1H3. The van der Waals surface area contributed by atoms with E-state index >= 15 is 0 Å². The van der Waals surface area contributed by atoms with Crippen molar-refractivity contribution in [1.29, 1.82) is 0 Å². The number of hydrogen-bond donors (Lipinski definition) is 2. The number of benzene rings is 7. The lowest BCUT2D eigenvalue weighted by Crippen LogP contribution is -2.04. The fourth-order valence-electron chi connectivity index (χ4n) is 6.86. The number of allylic oxidation sites excluding steroid dienone is 1. The van der Waals surface area contributed by atoms with E-state index in [0.29, 0.717) is 5.92 Å². The van der Waals surface area contributed by atoms with Gasteiger partial charge in [-0.3, -0.25) is 0 Å². The summed E-state index contributed by atoms with van der Waals surface area (Å²) >= 11 is 0. The zero-order chi connectivity index (χ0) is 31.7. The molecular weight excluding hydrogens is 569 g/mol. The molecule has 0 fully saturated rings. The minimum Gasteiger partial charge on any atom is -0.399 e. The summed E-state index contributed by atoms with van der Waals surface area (Å²) in [6, 6.07) is 54.2. The fraction of sp³-hybridized carbons (Fsp3) is 0.0667. The highest BCUT2D eigenvalue weighted by Crippen LogP contribution is 2.38. The number of fused-ring (bicyclic) bond motifs is 2. The Hall–Kier alpha value is -5.86. The first-order chi connectivity index (χ1) is 23.1. The largest absolute Gasteiger partial charge is 0.399 e. The van der Waals surface area contributed by atoms with Crippen molar-refractivity contribution in [3.63, 3.8) is 0 Å². The van der Waals surface area contributed by atoms with Gasteiger partial charge in [-0.1, -0.05) is 116 Å². The van der Waals surface area contributed by atoms with Gasteiger partial charge in [0.15, 0.2) is 0 Å². The van der Waals surface area contributed by atoms with Gasteiger partial charge in [0.2, 0.25) is 0 Å². The van der Waals surface area contributed by atoms with E-state index in [1.807, 2.05) is 0 Å². The van der Waals surface area contributed by atoms with Gasteiger partial charge in [0.25, 0.3) is 0 Å². The normalized spacial score (nSPS) is 13.8. The van der Waals surface area contributed by atoms with E-state index in [0.717, 1.165) is 45.7 Å². The predicted octanol–water partition coefficient (Wildman–Crippen LogP) is 12.0. The van der Waals surface area contributed by atoms with Gasteiger partial charge in [-0.25, -0.2) is 0 Å². The lowest BCUT2D eigenvalue weighted by molar-refractivity contribution is 0.717. The van der Waals surface area contributed by atoms with Crippen LogP contribution in [0.4, 0.5) is 17.1 Å². The van der Waals surface area contributed by atoms with Crippen LogP contribution in [-0.4, -0.2) is 0 Å².